The van der Waals surface area contributed by atoms with Crippen LogP contribution in [-0.4, -0.2) is 24.8 Å². The Bertz CT molecular complexity index is 1100. The van der Waals surface area contributed by atoms with Gasteiger partial charge in [0.2, 0.25) is 0 Å². The number of hydrogen-bond acceptors (Lipinski definition) is 4. The van der Waals surface area contributed by atoms with E-state index in [-0.39, 0.29) is 5.56 Å². The predicted octanol–water partition coefficient (Wildman–Crippen LogP) is 2.13. The molecule has 4 rings (SSSR count). The van der Waals surface area contributed by atoms with Crippen molar-refractivity contribution in [1.29, 1.82) is 0 Å². The first kappa shape index (κ1) is 14.8. The highest BCUT2D eigenvalue weighted by Crippen LogP contribution is 2.13. The van der Waals surface area contributed by atoms with Crippen molar-refractivity contribution in [1.82, 2.24) is 18.9 Å². The molecule has 7 nitrogen and oxygen atoms in total. The van der Waals surface area contributed by atoms with E-state index in [1.54, 1.807) is 49.1 Å². The van der Waals surface area contributed by atoms with Crippen molar-refractivity contribution in [3.63, 3.8) is 0 Å². The van der Waals surface area contributed by atoms with Crippen molar-refractivity contribution in [2.75, 3.05) is 5.32 Å². The van der Waals surface area contributed by atoms with Crippen molar-refractivity contribution < 1.29 is 4.79 Å². The summed E-state index contributed by atoms with van der Waals surface area (Å²) in [4.78, 5) is 33.0. The van der Waals surface area contributed by atoms with Gasteiger partial charge in [0.15, 0.2) is 0 Å². The third-order valence-corrected chi connectivity index (χ3v) is 3.79. The van der Waals surface area contributed by atoms with Gasteiger partial charge in [0.25, 0.3) is 11.5 Å². The lowest BCUT2D eigenvalue weighted by Gasteiger charge is -2.07. The molecule has 0 aliphatic heterocycles. The fourth-order valence-corrected chi connectivity index (χ4v) is 2.51. The number of carbonyl (C=O) groups is 1. The maximum Gasteiger partial charge on any atom is 0.270 e. The molecule has 0 saturated carbocycles. The molecule has 7 heteroatoms. The van der Waals surface area contributed by atoms with E-state index in [4.69, 9.17) is 0 Å². The van der Waals surface area contributed by atoms with Crippen molar-refractivity contribution in [3.05, 3.63) is 89.5 Å². The Balaban J connectivity index is 1.60. The second-order valence-corrected chi connectivity index (χ2v) is 5.38. The van der Waals surface area contributed by atoms with Crippen LogP contribution in [0.3, 0.4) is 0 Å². The van der Waals surface area contributed by atoms with Crippen LogP contribution in [0.15, 0.2) is 78.4 Å². The van der Waals surface area contributed by atoms with Crippen LogP contribution in [0.4, 0.5) is 5.69 Å². The number of imidazole rings is 1. The van der Waals surface area contributed by atoms with Gasteiger partial charge < -0.3 is 9.88 Å². The number of amides is 1. The number of carbonyl (C=O) groups excluding carboxylic acids is 1. The summed E-state index contributed by atoms with van der Waals surface area (Å²) in [5, 5.41) is 2.72. The summed E-state index contributed by atoms with van der Waals surface area (Å²) in [5.74, 6) is -0.494. The highest BCUT2D eigenvalue weighted by molar-refractivity contribution is 6.03. The minimum Gasteiger partial charge on any atom is -0.322 e. The summed E-state index contributed by atoms with van der Waals surface area (Å²) in [6.45, 7) is 0. The van der Waals surface area contributed by atoms with Gasteiger partial charge in [0.05, 0.1) is 6.33 Å². The molecule has 122 valence electrons. The topological polar surface area (TPSA) is 81.3 Å². The molecule has 0 atom stereocenters. The molecule has 4 aromatic rings. The van der Waals surface area contributed by atoms with Crippen LogP contribution in [-0.2, 0) is 0 Å². The fourth-order valence-electron chi connectivity index (χ4n) is 2.51. The van der Waals surface area contributed by atoms with Crippen LogP contribution in [0.2, 0.25) is 0 Å². The summed E-state index contributed by atoms with van der Waals surface area (Å²) >= 11 is 0. The van der Waals surface area contributed by atoms with Crippen molar-refractivity contribution in [2.24, 2.45) is 0 Å². The average molecular weight is 331 g/mol. The quantitative estimate of drug-likeness (QED) is 0.623. The number of anilines is 1. The number of nitrogens with one attached hydrogen (secondary N) is 1. The van der Waals surface area contributed by atoms with Gasteiger partial charge in [-0.1, -0.05) is 6.07 Å². The lowest BCUT2D eigenvalue weighted by atomic mass is 10.2. The van der Waals surface area contributed by atoms with Crippen molar-refractivity contribution in [2.45, 2.75) is 0 Å². The molecule has 0 fully saturated rings. The second kappa shape index (κ2) is 6.04. The van der Waals surface area contributed by atoms with E-state index < -0.39 is 11.5 Å². The standard InChI is InChI=1S/C18H13N5O2/c24-17(15-11-20-16-3-1-2-9-23(16)18(15)25)21-13-4-6-14(7-5-13)22-10-8-19-12-22/h1-12H,(H,21,24). The van der Waals surface area contributed by atoms with Crippen LogP contribution in [0, 0.1) is 0 Å². The van der Waals surface area contributed by atoms with E-state index in [2.05, 4.69) is 15.3 Å². The van der Waals surface area contributed by atoms with E-state index in [1.165, 1.54) is 10.6 Å². The molecule has 0 aliphatic rings. The van der Waals surface area contributed by atoms with Gasteiger partial charge in [-0.25, -0.2) is 9.97 Å². The first-order chi connectivity index (χ1) is 12.2. The lowest BCUT2D eigenvalue weighted by molar-refractivity contribution is 0.102. The fraction of sp³-hybridized carbons (Fsp3) is 0. The second-order valence-electron chi connectivity index (χ2n) is 5.38. The molecule has 0 spiro atoms. The summed E-state index contributed by atoms with van der Waals surface area (Å²) < 4.78 is 3.20. The first-order valence-corrected chi connectivity index (χ1v) is 7.58. The molecular formula is C18H13N5O2. The maximum absolute atomic E-state index is 12.4. The Hall–Kier alpha value is -3.74. The number of aromatic nitrogens is 4. The molecule has 0 aliphatic carbocycles. The molecule has 1 aromatic carbocycles. The smallest absolute Gasteiger partial charge is 0.270 e. The molecule has 3 heterocycles. The van der Waals surface area contributed by atoms with Crippen molar-refractivity contribution in [3.8, 4) is 5.69 Å². The molecule has 1 N–H and O–H groups in total. The van der Waals surface area contributed by atoms with E-state index in [1.807, 2.05) is 22.9 Å². The van der Waals surface area contributed by atoms with Gasteiger partial charge in [0, 0.05) is 36.2 Å². The molecule has 0 unspecified atom stereocenters. The summed E-state index contributed by atoms with van der Waals surface area (Å²) in [6, 6.07) is 12.4. The van der Waals surface area contributed by atoms with Crippen molar-refractivity contribution >= 4 is 17.2 Å². The van der Waals surface area contributed by atoms with Gasteiger partial charge in [-0.2, -0.15) is 0 Å². The highest BCUT2D eigenvalue weighted by atomic mass is 16.2. The summed E-state index contributed by atoms with van der Waals surface area (Å²) in [6.07, 6.45) is 8.09. The Kier molecular flexibility index (Phi) is 3.59. The molecule has 0 bridgehead atoms. The van der Waals surface area contributed by atoms with Crippen LogP contribution < -0.4 is 10.9 Å². The number of rotatable bonds is 3. The van der Waals surface area contributed by atoms with Gasteiger partial charge in [-0.15, -0.1) is 0 Å². The summed E-state index contributed by atoms with van der Waals surface area (Å²) in [7, 11) is 0. The maximum atomic E-state index is 12.4. The summed E-state index contributed by atoms with van der Waals surface area (Å²) in [5.41, 5.74) is 1.59. The number of fused-ring (bicyclic) bond motifs is 1. The molecule has 0 saturated heterocycles. The molecule has 0 radical (unpaired) electrons. The molecular weight excluding hydrogens is 318 g/mol. The van der Waals surface area contributed by atoms with E-state index >= 15 is 0 Å². The van der Waals surface area contributed by atoms with E-state index in [0.29, 0.717) is 11.3 Å². The van der Waals surface area contributed by atoms with Gasteiger partial charge in [-0.05, 0) is 36.4 Å². The lowest BCUT2D eigenvalue weighted by Crippen LogP contribution is -2.26. The minimum absolute atomic E-state index is 0.0117. The van der Waals surface area contributed by atoms with Crippen LogP contribution in [0.25, 0.3) is 11.3 Å². The zero-order valence-corrected chi connectivity index (χ0v) is 13.0. The zero-order valence-electron chi connectivity index (χ0n) is 13.0. The Morgan fingerprint density at radius 2 is 1.88 bits per heavy atom. The van der Waals surface area contributed by atoms with Crippen LogP contribution >= 0.6 is 0 Å². The van der Waals surface area contributed by atoms with Gasteiger partial charge in [-0.3, -0.25) is 14.0 Å². The third kappa shape index (κ3) is 2.78. The highest BCUT2D eigenvalue weighted by Gasteiger charge is 2.13. The minimum atomic E-state index is -0.494. The van der Waals surface area contributed by atoms with Crippen LogP contribution in [0.5, 0.6) is 0 Å². The number of pyridine rings is 1. The van der Waals surface area contributed by atoms with Gasteiger partial charge >= 0.3 is 0 Å². The monoisotopic (exact) mass is 331 g/mol. The normalized spacial score (nSPS) is 10.7. The van der Waals surface area contributed by atoms with Gasteiger partial charge in [0.1, 0.15) is 11.2 Å². The SMILES string of the molecule is O=C(Nc1ccc(-n2ccnc2)cc1)c1cnc2ccccn2c1=O. The molecule has 25 heavy (non-hydrogen) atoms. The number of hydrogen-bond donors (Lipinski definition) is 1. The molecule has 3 aromatic heterocycles. The van der Waals surface area contributed by atoms with E-state index in [0.717, 1.165) is 5.69 Å². The Labute approximate surface area is 142 Å². The predicted molar refractivity (Wildman–Crippen MR) is 93.0 cm³/mol. The van der Waals surface area contributed by atoms with Crippen LogP contribution in [0.1, 0.15) is 10.4 Å². The number of benzene rings is 1. The Morgan fingerprint density at radius 1 is 1.04 bits per heavy atom. The Morgan fingerprint density at radius 3 is 2.64 bits per heavy atom. The number of nitrogens with zero attached hydrogens (tertiary/aromatic N) is 4. The van der Waals surface area contributed by atoms with E-state index in [9.17, 15) is 9.59 Å². The third-order valence-electron chi connectivity index (χ3n) is 3.79. The average Bonchev–Trinajstić information content (AvgIpc) is 3.17. The largest absolute Gasteiger partial charge is 0.322 e. The molecule has 1 amide bonds. The first-order valence-electron chi connectivity index (χ1n) is 7.58. The zero-order chi connectivity index (χ0) is 17.2.